The minimum atomic E-state index is -0.758. The molecule has 0 amide bonds. The Morgan fingerprint density at radius 1 is 0.417 bits per heavy atom. The van der Waals surface area contributed by atoms with E-state index in [9.17, 15) is 14.4 Å². The summed E-state index contributed by atoms with van der Waals surface area (Å²) in [4.78, 5) is 37.5. The van der Waals surface area contributed by atoms with Crippen LogP contribution in [0, 0.1) is 5.92 Å². The van der Waals surface area contributed by atoms with E-state index in [1.54, 1.807) is 0 Å². The Bertz CT molecular complexity index is 723. The molecule has 6 heteroatoms. The van der Waals surface area contributed by atoms with Crippen LogP contribution < -0.4 is 0 Å². The Hall–Kier alpha value is -1.59. The summed E-state index contributed by atoms with van der Waals surface area (Å²) in [5, 5.41) is 0. The van der Waals surface area contributed by atoms with E-state index in [0.29, 0.717) is 19.3 Å². The molecule has 0 aromatic heterocycles. The summed E-state index contributed by atoms with van der Waals surface area (Å²) in [7, 11) is 0. The van der Waals surface area contributed by atoms with Crippen molar-refractivity contribution in [3.05, 3.63) is 0 Å². The predicted octanol–water partition coefficient (Wildman–Crippen LogP) is 12.8. The molecule has 48 heavy (non-hydrogen) atoms. The number of carbonyl (C=O) groups is 3. The number of ether oxygens (including phenoxy) is 3. The molecular weight excluding hydrogens is 600 g/mol. The molecule has 0 saturated carbocycles. The van der Waals surface area contributed by atoms with Gasteiger partial charge in [0.25, 0.3) is 0 Å². The highest BCUT2D eigenvalue weighted by atomic mass is 16.6. The Labute approximate surface area is 298 Å². The summed E-state index contributed by atoms with van der Waals surface area (Å²) >= 11 is 0. The van der Waals surface area contributed by atoms with E-state index in [2.05, 4.69) is 27.7 Å². The van der Waals surface area contributed by atoms with Gasteiger partial charge in [-0.2, -0.15) is 0 Å². The minimum absolute atomic E-state index is 0.0652. The summed E-state index contributed by atoms with van der Waals surface area (Å²) in [6, 6.07) is 0. The van der Waals surface area contributed by atoms with E-state index in [1.807, 2.05) is 0 Å². The summed E-state index contributed by atoms with van der Waals surface area (Å²) in [5.74, 6) is -0.0506. The van der Waals surface area contributed by atoms with E-state index in [-0.39, 0.29) is 31.1 Å². The van der Waals surface area contributed by atoms with Gasteiger partial charge in [-0.15, -0.1) is 0 Å². The molecule has 6 nitrogen and oxygen atoms in total. The molecule has 0 saturated heterocycles. The van der Waals surface area contributed by atoms with Gasteiger partial charge in [0, 0.05) is 19.3 Å². The fourth-order valence-corrected chi connectivity index (χ4v) is 6.06. The van der Waals surface area contributed by atoms with E-state index < -0.39 is 6.10 Å². The maximum Gasteiger partial charge on any atom is 0.306 e. The highest BCUT2D eigenvalue weighted by Gasteiger charge is 2.19. The topological polar surface area (TPSA) is 78.9 Å². The first-order chi connectivity index (χ1) is 23.4. The van der Waals surface area contributed by atoms with E-state index >= 15 is 0 Å². The third kappa shape index (κ3) is 34.3. The summed E-state index contributed by atoms with van der Waals surface area (Å²) < 4.78 is 16.6. The SMILES string of the molecule is CCCCCCCCCCCCC(=O)OC[C@H](COC(=O)CCCCCCCCC(C)CC)OC(=O)CCCCCCCCCCCC. The lowest BCUT2D eigenvalue weighted by atomic mass is 10.00. The molecule has 2 atom stereocenters. The molecule has 0 heterocycles. The van der Waals surface area contributed by atoms with Crippen molar-refractivity contribution in [1.82, 2.24) is 0 Å². The molecular formula is C42H80O6. The average molecular weight is 681 g/mol. The third-order valence-electron chi connectivity index (χ3n) is 9.65. The van der Waals surface area contributed by atoms with Crippen LogP contribution in [0.4, 0.5) is 0 Å². The van der Waals surface area contributed by atoms with Crippen molar-refractivity contribution in [2.75, 3.05) is 13.2 Å². The monoisotopic (exact) mass is 681 g/mol. The number of carbonyl (C=O) groups excluding carboxylic acids is 3. The van der Waals surface area contributed by atoms with Crippen molar-refractivity contribution < 1.29 is 28.6 Å². The van der Waals surface area contributed by atoms with Crippen molar-refractivity contribution in [3.8, 4) is 0 Å². The second-order valence-corrected chi connectivity index (χ2v) is 14.5. The van der Waals surface area contributed by atoms with Gasteiger partial charge in [0.2, 0.25) is 0 Å². The molecule has 0 fully saturated rings. The van der Waals surface area contributed by atoms with Crippen LogP contribution in [0.25, 0.3) is 0 Å². The second-order valence-electron chi connectivity index (χ2n) is 14.5. The van der Waals surface area contributed by atoms with Crippen LogP contribution in [-0.4, -0.2) is 37.2 Å². The Balaban J connectivity index is 4.36. The van der Waals surface area contributed by atoms with Gasteiger partial charge in [-0.05, 0) is 25.2 Å². The molecule has 0 spiro atoms. The van der Waals surface area contributed by atoms with Gasteiger partial charge in [0.15, 0.2) is 6.10 Å². The molecule has 0 radical (unpaired) electrons. The van der Waals surface area contributed by atoms with Crippen molar-refractivity contribution in [2.24, 2.45) is 5.92 Å². The van der Waals surface area contributed by atoms with Crippen molar-refractivity contribution >= 4 is 17.9 Å². The Morgan fingerprint density at radius 3 is 1.08 bits per heavy atom. The molecule has 0 aromatic carbocycles. The van der Waals surface area contributed by atoms with Crippen LogP contribution in [0.1, 0.15) is 227 Å². The van der Waals surface area contributed by atoms with Gasteiger partial charge >= 0.3 is 17.9 Å². The zero-order valence-corrected chi connectivity index (χ0v) is 32.4. The number of hydrogen-bond donors (Lipinski definition) is 0. The van der Waals surface area contributed by atoms with Gasteiger partial charge in [0.1, 0.15) is 13.2 Å². The molecule has 0 aromatic rings. The van der Waals surface area contributed by atoms with Crippen LogP contribution >= 0.6 is 0 Å². The fraction of sp³-hybridized carbons (Fsp3) is 0.929. The van der Waals surface area contributed by atoms with Gasteiger partial charge < -0.3 is 14.2 Å². The Morgan fingerprint density at radius 2 is 0.729 bits per heavy atom. The summed E-state index contributed by atoms with van der Waals surface area (Å²) in [5.41, 5.74) is 0. The largest absolute Gasteiger partial charge is 0.462 e. The van der Waals surface area contributed by atoms with Gasteiger partial charge in [-0.1, -0.05) is 188 Å². The van der Waals surface area contributed by atoms with Crippen LogP contribution in [0.15, 0.2) is 0 Å². The number of rotatable bonds is 37. The highest BCUT2D eigenvalue weighted by molar-refractivity contribution is 5.71. The molecule has 0 rings (SSSR count). The lowest BCUT2D eigenvalue weighted by molar-refractivity contribution is -0.167. The van der Waals surface area contributed by atoms with Crippen molar-refractivity contribution in [2.45, 2.75) is 233 Å². The average Bonchev–Trinajstić information content (AvgIpc) is 3.08. The third-order valence-corrected chi connectivity index (χ3v) is 9.65. The zero-order valence-electron chi connectivity index (χ0n) is 32.4. The molecule has 0 bridgehead atoms. The molecule has 1 unspecified atom stereocenters. The molecule has 284 valence electrons. The highest BCUT2D eigenvalue weighted by Crippen LogP contribution is 2.16. The standard InChI is InChI=1S/C42H80O6/c1-5-8-10-12-14-16-18-20-25-29-33-40(43)46-36-39(48-42(45)35-31-27-21-19-17-15-13-11-9-6-2)37-47-41(44)34-30-26-23-22-24-28-32-38(4)7-3/h38-39H,5-37H2,1-4H3/t38?,39-/m1/s1. The zero-order chi connectivity index (χ0) is 35.3. The lowest BCUT2D eigenvalue weighted by Gasteiger charge is -2.18. The maximum atomic E-state index is 12.6. The first-order valence-corrected chi connectivity index (χ1v) is 20.9. The van der Waals surface area contributed by atoms with Crippen LogP contribution in [0.3, 0.4) is 0 Å². The summed E-state index contributed by atoms with van der Waals surface area (Å²) in [6.45, 7) is 8.92. The normalized spacial score (nSPS) is 12.5. The number of unbranched alkanes of at least 4 members (excludes halogenated alkanes) is 23. The fourth-order valence-electron chi connectivity index (χ4n) is 6.06. The van der Waals surface area contributed by atoms with E-state index in [1.165, 1.54) is 122 Å². The van der Waals surface area contributed by atoms with Gasteiger partial charge in [-0.3, -0.25) is 14.4 Å². The molecule has 0 aliphatic carbocycles. The van der Waals surface area contributed by atoms with E-state index in [4.69, 9.17) is 14.2 Å². The summed E-state index contributed by atoms with van der Waals surface area (Å²) in [6.07, 6.45) is 33.7. The van der Waals surface area contributed by atoms with Crippen LogP contribution in [-0.2, 0) is 28.6 Å². The molecule has 0 aliphatic heterocycles. The quantitative estimate of drug-likeness (QED) is 0.0369. The number of esters is 3. The van der Waals surface area contributed by atoms with Crippen LogP contribution in [0.2, 0.25) is 0 Å². The maximum absolute atomic E-state index is 12.6. The van der Waals surface area contributed by atoms with Gasteiger partial charge in [-0.25, -0.2) is 0 Å². The van der Waals surface area contributed by atoms with Gasteiger partial charge in [0.05, 0.1) is 0 Å². The van der Waals surface area contributed by atoms with E-state index in [0.717, 1.165) is 63.7 Å². The lowest BCUT2D eigenvalue weighted by Crippen LogP contribution is -2.30. The Kier molecular flexibility index (Phi) is 35.5. The predicted molar refractivity (Wildman–Crippen MR) is 201 cm³/mol. The number of hydrogen-bond acceptors (Lipinski definition) is 6. The molecule has 0 aliphatic rings. The van der Waals surface area contributed by atoms with Crippen molar-refractivity contribution in [3.63, 3.8) is 0 Å². The minimum Gasteiger partial charge on any atom is -0.462 e. The first-order valence-electron chi connectivity index (χ1n) is 20.9. The van der Waals surface area contributed by atoms with Crippen LogP contribution in [0.5, 0.6) is 0 Å². The first kappa shape index (κ1) is 46.4. The smallest absolute Gasteiger partial charge is 0.306 e. The second kappa shape index (κ2) is 36.7. The molecule has 0 N–H and O–H groups in total. The van der Waals surface area contributed by atoms with Crippen molar-refractivity contribution in [1.29, 1.82) is 0 Å².